The van der Waals surface area contributed by atoms with Crippen molar-refractivity contribution in [3.63, 3.8) is 0 Å². The number of amidine groups is 1. The Morgan fingerprint density at radius 1 is 1.00 bits per heavy atom. The molecule has 0 spiro atoms. The predicted molar refractivity (Wildman–Crippen MR) is 184 cm³/mol. The molecule has 3 heterocycles. The van der Waals surface area contributed by atoms with Gasteiger partial charge in [-0.25, -0.2) is 14.6 Å². The zero-order valence-electron chi connectivity index (χ0n) is 26.6. The Bertz CT molecular complexity index is 2050. The molecule has 0 saturated carbocycles. The van der Waals surface area contributed by atoms with E-state index in [0.29, 0.717) is 45.9 Å². The van der Waals surface area contributed by atoms with Gasteiger partial charge in [-0.15, -0.1) is 16.4 Å². The Balaban J connectivity index is 1.15. The Morgan fingerprint density at radius 3 is 2.62 bits per heavy atom. The van der Waals surface area contributed by atoms with Gasteiger partial charge in [0.1, 0.15) is 30.5 Å². The Kier molecular flexibility index (Phi) is 9.93. The van der Waals surface area contributed by atoms with Crippen molar-refractivity contribution in [3.05, 3.63) is 123 Å². The largest absolute Gasteiger partial charge is 0.493 e. The number of benzene rings is 3. The van der Waals surface area contributed by atoms with Gasteiger partial charge in [0, 0.05) is 22.7 Å². The van der Waals surface area contributed by atoms with E-state index in [0.717, 1.165) is 33.9 Å². The zero-order valence-corrected chi connectivity index (χ0v) is 27.5. The lowest BCUT2D eigenvalue weighted by Gasteiger charge is -2.12. The minimum Gasteiger partial charge on any atom is -0.493 e. The number of hydrogen-bond acceptors (Lipinski definition) is 10. The molecule has 0 aliphatic rings. The van der Waals surface area contributed by atoms with E-state index in [1.807, 2.05) is 90.7 Å². The number of nitrogens with one attached hydrogen (secondary N) is 2. The van der Waals surface area contributed by atoms with E-state index < -0.39 is 0 Å². The second-order valence-corrected chi connectivity index (χ2v) is 11.6. The number of thiazole rings is 1. The standard InChI is InChI=1S/C36H34N6O5S/c1-4-33-38-28(22-48-33)15-14-27-19-42(29-11-6-5-7-12-29)40-36(27)46-20-24-13-16-31(32(17-24)44-3)45-21-30-23(2)47-35(39-30)26-10-8-9-25(18-26)34(37)41-43/h5-19,22,43H,4,20-21H2,1-3H3,(H2,37,41). The third-order valence-corrected chi connectivity index (χ3v) is 8.42. The molecule has 6 aromatic rings. The van der Waals surface area contributed by atoms with Crippen molar-refractivity contribution in [2.45, 2.75) is 33.5 Å². The Labute approximate surface area is 281 Å². The molecule has 0 aliphatic heterocycles. The van der Waals surface area contributed by atoms with Gasteiger partial charge in [0.15, 0.2) is 11.5 Å². The van der Waals surface area contributed by atoms with Crippen LogP contribution in [0.1, 0.15) is 45.8 Å². The number of aromatic nitrogens is 4. The van der Waals surface area contributed by atoms with E-state index in [1.54, 1.807) is 41.3 Å². The van der Waals surface area contributed by atoms with Crippen LogP contribution in [0.3, 0.4) is 0 Å². The van der Waals surface area contributed by atoms with Gasteiger partial charge in [0.2, 0.25) is 11.8 Å². The second kappa shape index (κ2) is 14.8. The summed E-state index contributed by atoms with van der Waals surface area (Å²) in [5.74, 6) is 2.45. The first kappa shape index (κ1) is 32.2. The summed E-state index contributed by atoms with van der Waals surface area (Å²) in [6, 6.07) is 22.5. The van der Waals surface area contributed by atoms with Crippen molar-refractivity contribution in [3.8, 4) is 34.5 Å². The van der Waals surface area contributed by atoms with Crippen LogP contribution in [-0.2, 0) is 19.6 Å². The molecule has 11 nitrogen and oxygen atoms in total. The SMILES string of the molecule is CCc1nc(C=Cc2cn(-c3ccccc3)nc2OCc2ccc(OCc3nc(-c4cccc(C(=N)NO)c4)oc3C)c(OC)c2)cs1. The lowest BCUT2D eigenvalue weighted by molar-refractivity contribution is 0.234. The number of oxazole rings is 1. The van der Waals surface area contributed by atoms with Crippen LogP contribution >= 0.6 is 11.3 Å². The van der Waals surface area contributed by atoms with Crippen molar-refractivity contribution in [1.29, 1.82) is 5.41 Å². The molecule has 0 unspecified atom stereocenters. The molecule has 12 heteroatoms. The molecule has 0 radical (unpaired) electrons. The molecular weight excluding hydrogens is 629 g/mol. The van der Waals surface area contributed by atoms with Crippen molar-refractivity contribution >= 4 is 29.3 Å². The van der Waals surface area contributed by atoms with E-state index in [-0.39, 0.29) is 19.0 Å². The summed E-state index contributed by atoms with van der Waals surface area (Å²) in [6.07, 6.45) is 6.79. The monoisotopic (exact) mass is 662 g/mol. The van der Waals surface area contributed by atoms with Crippen LogP contribution in [-0.4, -0.2) is 37.9 Å². The minimum atomic E-state index is -0.124. The molecule has 244 valence electrons. The smallest absolute Gasteiger partial charge is 0.240 e. The van der Waals surface area contributed by atoms with Crippen molar-refractivity contribution < 1.29 is 23.8 Å². The molecular formula is C36H34N6O5S. The number of aryl methyl sites for hydroxylation is 2. The second-order valence-electron chi connectivity index (χ2n) is 10.7. The van der Waals surface area contributed by atoms with Crippen LogP contribution in [0.2, 0.25) is 0 Å². The highest BCUT2D eigenvalue weighted by Crippen LogP contribution is 2.31. The van der Waals surface area contributed by atoms with Gasteiger partial charge >= 0.3 is 0 Å². The number of para-hydroxylation sites is 1. The van der Waals surface area contributed by atoms with Gasteiger partial charge in [-0.05, 0) is 67.5 Å². The highest BCUT2D eigenvalue weighted by molar-refractivity contribution is 7.09. The van der Waals surface area contributed by atoms with E-state index in [4.69, 9.17) is 34.3 Å². The Hall–Kier alpha value is -5.72. The molecule has 3 N–H and O–H groups in total. The number of hydroxylamine groups is 1. The highest BCUT2D eigenvalue weighted by atomic mass is 32.1. The highest BCUT2D eigenvalue weighted by Gasteiger charge is 2.16. The molecule has 0 amide bonds. The van der Waals surface area contributed by atoms with Crippen LogP contribution in [0, 0.1) is 12.3 Å². The molecule has 0 bridgehead atoms. The maximum absolute atomic E-state index is 9.08. The molecule has 48 heavy (non-hydrogen) atoms. The zero-order chi connectivity index (χ0) is 33.5. The third kappa shape index (κ3) is 7.46. The predicted octanol–water partition coefficient (Wildman–Crippen LogP) is 7.50. The average molecular weight is 663 g/mol. The summed E-state index contributed by atoms with van der Waals surface area (Å²) in [6.45, 7) is 4.32. The van der Waals surface area contributed by atoms with Gasteiger partial charge in [-0.1, -0.05) is 43.3 Å². The summed E-state index contributed by atoms with van der Waals surface area (Å²) in [5, 5.41) is 24.7. The molecule has 0 atom stereocenters. The summed E-state index contributed by atoms with van der Waals surface area (Å²) < 4.78 is 25.7. The molecule has 3 aromatic carbocycles. The first-order valence-electron chi connectivity index (χ1n) is 15.2. The fourth-order valence-corrected chi connectivity index (χ4v) is 5.54. The summed E-state index contributed by atoms with van der Waals surface area (Å²) >= 11 is 1.65. The quantitative estimate of drug-likeness (QED) is 0.0651. The van der Waals surface area contributed by atoms with Crippen LogP contribution < -0.4 is 19.7 Å². The average Bonchev–Trinajstić information content (AvgIpc) is 3.87. The van der Waals surface area contributed by atoms with Crippen LogP contribution in [0.4, 0.5) is 0 Å². The number of rotatable bonds is 13. The third-order valence-electron chi connectivity index (χ3n) is 7.40. The van der Waals surface area contributed by atoms with Crippen LogP contribution in [0.25, 0.3) is 29.3 Å². The first-order valence-corrected chi connectivity index (χ1v) is 16.1. The summed E-state index contributed by atoms with van der Waals surface area (Å²) in [5.41, 5.74) is 7.17. The maximum Gasteiger partial charge on any atom is 0.240 e. The van der Waals surface area contributed by atoms with E-state index >= 15 is 0 Å². The number of methoxy groups -OCH3 is 1. The van der Waals surface area contributed by atoms with Gasteiger partial charge in [0.05, 0.1) is 29.1 Å². The molecule has 3 aromatic heterocycles. The van der Waals surface area contributed by atoms with Crippen molar-refractivity contribution in [2.24, 2.45) is 0 Å². The lowest BCUT2D eigenvalue weighted by atomic mass is 10.1. The lowest BCUT2D eigenvalue weighted by Crippen LogP contribution is -2.18. The maximum atomic E-state index is 9.08. The topological polar surface area (TPSA) is 141 Å². The van der Waals surface area contributed by atoms with Gasteiger partial charge in [-0.2, -0.15) is 0 Å². The van der Waals surface area contributed by atoms with E-state index in [2.05, 4.69) is 16.9 Å². The van der Waals surface area contributed by atoms with Crippen LogP contribution in [0.5, 0.6) is 17.4 Å². The van der Waals surface area contributed by atoms with E-state index in [9.17, 15) is 0 Å². The fraction of sp³-hybridized carbons (Fsp3) is 0.167. The van der Waals surface area contributed by atoms with Crippen molar-refractivity contribution in [2.75, 3.05) is 7.11 Å². The summed E-state index contributed by atoms with van der Waals surface area (Å²) in [4.78, 5) is 9.24. The number of ether oxygens (including phenoxy) is 3. The van der Waals surface area contributed by atoms with Crippen LogP contribution in [0.15, 0.2) is 88.8 Å². The fourth-order valence-electron chi connectivity index (χ4n) is 4.83. The molecule has 0 aliphatic carbocycles. The van der Waals surface area contributed by atoms with Gasteiger partial charge < -0.3 is 18.6 Å². The minimum absolute atomic E-state index is 0.124. The van der Waals surface area contributed by atoms with Crippen molar-refractivity contribution in [1.82, 2.24) is 25.2 Å². The van der Waals surface area contributed by atoms with E-state index in [1.165, 1.54) is 0 Å². The normalized spacial score (nSPS) is 11.2. The molecule has 0 saturated heterocycles. The Morgan fingerprint density at radius 2 is 1.85 bits per heavy atom. The van der Waals surface area contributed by atoms with Gasteiger partial charge in [-0.3, -0.25) is 16.1 Å². The molecule has 0 fully saturated rings. The number of nitrogens with zero attached hydrogens (tertiary/aromatic N) is 4. The number of hydrogen-bond donors (Lipinski definition) is 3. The summed E-state index contributed by atoms with van der Waals surface area (Å²) in [7, 11) is 1.59. The van der Waals surface area contributed by atoms with Gasteiger partial charge in [0.25, 0.3) is 0 Å². The molecule has 6 rings (SSSR count). The first-order chi connectivity index (χ1) is 23.4.